The van der Waals surface area contributed by atoms with Crippen molar-refractivity contribution in [2.24, 2.45) is 0 Å². The summed E-state index contributed by atoms with van der Waals surface area (Å²) in [7, 11) is 1.77. The highest BCUT2D eigenvalue weighted by molar-refractivity contribution is 5.92. The fourth-order valence-corrected chi connectivity index (χ4v) is 2.53. The number of ether oxygens (including phenoxy) is 1. The minimum Gasteiger partial charge on any atom is -0.378 e. The molecule has 1 aromatic carbocycles. The molecule has 2 heterocycles. The second kappa shape index (κ2) is 7.19. The number of nitrogens with zero attached hydrogens (tertiary/aromatic N) is 4. The molecule has 0 unspecified atom stereocenters. The normalized spacial score (nSPS) is 14.6. The van der Waals surface area contributed by atoms with Crippen LogP contribution in [0.3, 0.4) is 0 Å². The smallest absolute Gasteiger partial charge is 0.274 e. The molecule has 1 fully saturated rings. The second-order valence-electron chi connectivity index (χ2n) is 5.52. The summed E-state index contributed by atoms with van der Waals surface area (Å²) in [5.41, 5.74) is 1.45. The first-order valence-electron chi connectivity index (χ1n) is 7.70. The number of amides is 1. The third-order valence-electron chi connectivity index (χ3n) is 3.81. The number of carbonyl (C=O) groups is 1. The molecule has 0 bridgehead atoms. The van der Waals surface area contributed by atoms with E-state index in [1.54, 1.807) is 18.0 Å². The SMILES string of the molecule is CN(Cc1ccccc1)C(=O)c1ccc(N2CCOCC2)nn1. The van der Waals surface area contributed by atoms with Gasteiger partial charge in [-0.2, -0.15) is 0 Å². The molecule has 0 N–H and O–H groups in total. The summed E-state index contributed by atoms with van der Waals surface area (Å²) in [6, 6.07) is 13.5. The summed E-state index contributed by atoms with van der Waals surface area (Å²) >= 11 is 0. The number of aromatic nitrogens is 2. The lowest BCUT2D eigenvalue weighted by Gasteiger charge is -2.27. The molecule has 6 nitrogen and oxygen atoms in total. The Morgan fingerprint density at radius 3 is 2.52 bits per heavy atom. The molecule has 0 spiro atoms. The van der Waals surface area contributed by atoms with Crippen LogP contribution in [0.4, 0.5) is 5.82 Å². The van der Waals surface area contributed by atoms with Gasteiger partial charge in [0.05, 0.1) is 13.2 Å². The average molecular weight is 312 g/mol. The van der Waals surface area contributed by atoms with Gasteiger partial charge in [0.25, 0.3) is 5.91 Å². The van der Waals surface area contributed by atoms with Crippen molar-refractivity contribution >= 4 is 11.7 Å². The number of carbonyl (C=O) groups excluding carboxylic acids is 1. The van der Waals surface area contributed by atoms with Gasteiger partial charge >= 0.3 is 0 Å². The van der Waals surface area contributed by atoms with E-state index in [2.05, 4.69) is 15.1 Å². The van der Waals surface area contributed by atoms with Gasteiger partial charge < -0.3 is 14.5 Å². The minimum atomic E-state index is -0.130. The van der Waals surface area contributed by atoms with Crippen molar-refractivity contribution in [3.8, 4) is 0 Å². The molecule has 3 rings (SSSR count). The van der Waals surface area contributed by atoms with Crippen LogP contribution in [0, 0.1) is 0 Å². The minimum absolute atomic E-state index is 0.130. The van der Waals surface area contributed by atoms with E-state index >= 15 is 0 Å². The van der Waals surface area contributed by atoms with Crippen molar-refractivity contribution in [2.75, 3.05) is 38.3 Å². The predicted molar refractivity (Wildman–Crippen MR) is 87.3 cm³/mol. The van der Waals surface area contributed by atoms with Gasteiger partial charge in [-0.15, -0.1) is 10.2 Å². The number of anilines is 1. The zero-order valence-corrected chi connectivity index (χ0v) is 13.2. The topological polar surface area (TPSA) is 58.6 Å². The average Bonchev–Trinajstić information content (AvgIpc) is 2.63. The van der Waals surface area contributed by atoms with Crippen LogP contribution in [0.2, 0.25) is 0 Å². The molecule has 1 aliphatic rings. The zero-order valence-electron chi connectivity index (χ0n) is 13.2. The molecule has 0 aliphatic carbocycles. The summed E-state index contributed by atoms with van der Waals surface area (Å²) < 4.78 is 5.32. The third kappa shape index (κ3) is 3.84. The lowest BCUT2D eigenvalue weighted by molar-refractivity contribution is 0.0778. The van der Waals surface area contributed by atoms with Gasteiger partial charge in [-0.05, 0) is 17.7 Å². The first kappa shape index (κ1) is 15.4. The Morgan fingerprint density at radius 2 is 1.87 bits per heavy atom. The monoisotopic (exact) mass is 312 g/mol. The number of hydrogen-bond acceptors (Lipinski definition) is 5. The fraction of sp³-hybridized carbons (Fsp3) is 0.353. The van der Waals surface area contributed by atoms with E-state index < -0.39 is 0 Å². The molecule has 2 aromatic rings. The molecule has 1 saturated heterocycles. The molecule has 120 valence electrons. The van der Waals surface area contributed by atoms with Crippen LogP contribution in [-0.4, -0.2) is 54.4 Å². The molecule has 6 heteroatoms. The van der Waals surface area contributed by atoms with Crippen LogP contribution in [0.15, 0.2) is 42.5 Å². The molecular formula is C17H20N4O2. The molecule has 0 atom stereocenters. The molecule has 0 saturated carbocycles. The summed E-state index contributed by atoms with van der Waals surface area (Å²) in [6.45, 7) is 3.54. The quantitative estimate of drug-likeness (QED) is 0.858. The van der Waals surface area contributed by atoms with E-state index in [0.29, 0.717) is 25.5 Å². The van der Waals surface area contributed by atoms with Crippen LogP contribution < -0.4 is 4.90 Å². The Morgan fingerprint density at radius 1 is 1.13 bits per heavy atom. The van der Waals surface area contributed by atoms with E-state index in [-0.39, 0.29) is 5.91 Å². The number of benzene rings is 1. The Balaban J connectivity index is 1.65. The maximum absolute atomic E-state index is 12.4. The second-order valence-corrected chi connectivity index (χ2v) is 5.52. The van der Waals surface area contributed by atoms with Gasteiger partial charge in [-0.25, -0.2) is 0 Å². The lowest BCUT2D eigenvalue weighted by atomic mass is 10.2. The Hall–Kier alpha value is -2.47. The molecule has 1 aromatic heterocycles. The molecule has 1 amide bonds. The highest BCUT2D eigenvalue weighted by Crippen LogP contribution is 2.13. The summed E-state index contributed by atoms with van der Waals surface area (Å²) in [6.07, 6.45) is 0. The standard InChI is InChI=1S/C17H20N4O2/c1-20(13-14-5-3-2-4-6-14)17(22)15-7-8-16(19-18-15)21-9-11-23-12-10-21/h2-8H,9-13H2,1H3. The molecule has 1 aliphatic heterocycles. The van der Waals surface area contributed by atoms with Gasteiger partial charge in [0.15, 0.2) is 11.5 Å². The van der Waals surface area contributed by atoms with Crippen molar-refractivity contribution in [1.29, 1.82) is 0 Å². The Labute approximate surface area is 135 Å². The van der Waals surface area contributed by atoms with E-state index in [1.165, 1.54) is 0 Å². The third-order valence-corrected chi connectivity index (χ3v) is 3.81. The van der Waals surface area contributed by atoms with Crippen molar-refractivity contribution < 1.29 is 9.53 Å². The van der Waals surface area contributed by atoms with Crippen LogP contribution >= 0.6 is 0 Å². The number of hydrogen-bond donors (Lipinski definition) is 0. The Bertz CT molecular complexity index is 639. The summed E-state index contributed by atoms with van der Waals surface area (Å²) in [5.74, 6) is 0.658. The predicted octanol–water partition coefficient (Wildman–Crippen LogP) is 1.59. The van der Waals surface area contributed by atoms with Gasteiger partial charge in [0, 0.05) is 26.7 Å². The van der Waals surface area contributed by atoms with Crippen molar-refractivity contribution in [2.45, 2.75) is 6.54 Å². The summed E-state index contributed by atoms with van der Waals surface area (Å²) in [4.78, 5) is 16.2. The highest BCUT2D eigenvalue weighted by Gasteiger charge is 2.17. The van der Waals surface area contributed by atoms with Gasteiger partial charge in [-0.1, -0.05) is 30.3 Å². The first-order valence-corrected chi connectivity index (χ1v) is 7.70. The largest absolute Gasteiger partial charge is 0.378 e. The highest BCUT2D eigenvalue weighted by atomic mass is 16.5. The van der Waals surface area contributed by atoms with Crippen molar-refractivity contribution in [1.82, 2.24) is 15.1 Å². The van der Waals surface area contributed by atoms with E-state index in [0.717, 1.165) is 24.5 Å². The number of rotatable bonds is 4. The van der Waals surface area contributed by atoms with Gasteiger partial charge in [0.1, 0.15) is 0 Å². The number of morpholine rings is 1. The molecular weight excluding hydrogens is 292 g/mol. The van der Waals surface area contributed by atoms with Crippen molar-refractivity contribution in [3.63, 3.8) is 0 Å². The molecule has 23 heavy (non-hydrogen) atoms. The zero-order chi connectivity index (χ0) is 16.1. The van der Waals surface area contributed by atoms with Gasteiger partial charge in [0.2, 0.25) is 0 Å². The molecule has 0 radical (unpaired) electrons. The first-order chi connectivity index (χ1) is 11.2. The maximum atomic E-state index is 12.4. The lowest BCUT2D eigenvalue weighted by Crippen LogP contribution is -2.37. The maximum Gasteiger partial charge on any atom is 0.274 e. The Kier molecular flexibility index (Phi) is 4.83. The van der Waals surface area contributed by atoms with Crippen LogP contribution in [0.25, 0.3) is 0 Å². The van der Waals surface area contributed by atoms with Crippen LogP contribution in [0.5, 0.6) is 0 Å². The van der Waals surface area contributed by atoms with E-state index in [1.807, 2.05) is 36.4 Å². The summed E-state index contributed by atoms with van der Waals surface area (Å²) in [5, 5.41) is 8.28. The van der Waals surface area contributed by atoms with Crippen molar-refractivity contribution in [3.05, 3.63) is 53.7 Å². The van der Waals surface area contributed by atoms with Gasteiger partial charge in [-0.3, -0.25) is 4.79 Å². The fourth-order valence-electron chi connectivity index (χ4n) is 2.53. The van der Waals surface area contributed by atoms with E-state index in [9.17, 15) is 4.79 Å². The van der Waals surface area contributed by atoms with Crippen LogP contribution in [-0.2, 0) is 11.3 Å². The van der Waals surface area contributed by atoms with E-state index in [4.69, 9.17) is 4.74 Å². The van der Waals surface area contributed by atoms with Crippen LogP contribution in [0.1, 0.15) is 16.1 Å².